The van der Waals surface area contributed by atoms with Crippen LogP contribution < -0.4 is 10.1 Å². The standard InChI is InChI=1S/C18H19NO4/c1-3-22-16-10-8-13(9-11-16)17(20)19-15-7-5-6-14(12-15)18(21)23-4-2/h5-12H,3-4H2,1-2H3,(H,19,20). The van der Waals surface area contributed by atoms with Gasteiger partial charge >= 0.3 is 5.97 Å². The van der Waals surface area contributed by atoms with E-state index in [1.54, 1.807) is 55.5 Å². The molecule has 0 heterocycles. The quantitative estimate of drug-likeness (QED) is 0.829. The first kappa shape index (κ1) is 16.5. The highest BCUT2D eigenvalue weighted by atomic mass is 16.5. The van der Waals surface area contributed by atoms with Crippen molar-refractivity contribution in [3.05, 3.63) is 59.7 Å². The normalized spacial score (nSPS) is 10.0. The second-order valence-electron chi connectivity index (χ2n) is 4.71. The van der Waals surface area contributed by atoms with Crippen molar-refractivity contribution in [2.45, 2.75) is 13.8 Å². The Bertz CT molecular complexity index is 680. The number of benzene rings is 2. The van der Waals surface area contributed by atoms with Crippen molar-refractivity contribution in [3.63, 3.8) is 0 Å². The Morgan fingerprint density at radius 3 is 2.35 bits per heavy atom. The van der Waals surface area contributed by atoms with Gasteiger partial charge in [-0.15, -0.1) is 0 Å². The summed E-state index contributed by atoms with van der Waals surface area (Å²) in [4.78, 5) is 23.9. The minimum absolute atomic E-state index is 0.256. The molecule has 2 rings (SSSR count). The van der Waals surface area contributed by atoms with E-state index in [1.807, 2.05) is 6.92 Å². The van der Waals surface area contributed by atoms with Crippen molar-refractivity contribution in [3.8, 4) is 5.75 Å². The fraction of sp³-hybridized carbons (Fsp3) is 0.222. The van der Waals surface area contributed by atoms with Crippen LogP contribution in [-0.2, 0) is 4.74 Å². The van der Waals surface area contributed by atoms with Crippen LogP contribution in [-0.4, -0.2) is 25.1 Å². The van der Waals surface area contributed by atoms with E-state index in [4.69, 9.17) is 9.47 Å². The zero-order chi connectivity index (χ0) is 16.7. The molecular weight excluding hydrogens is 294 g/mol. The molecule has 5 nitrogen and oxygen atoms in total. The van der Waals surface area contributed by atoms with Crippen LogP contribution >= 0.6 is 0 Å². The molecule has 0 aliphatic carbocycles. The van der Waals surface area contributed by atoms with Gasteiger partial charge in [0.2, 0.25) is 0 Å². The minimum Gasteiger partial charge on any atom is -0.494 e. The summed E-state index contributed by atoms with van der Waals surface area (Å²) in [5.74, 6) is 0.0482. The Kier molecular flexibility index (Phi) is 5.74. The third-order valence-corrected chi connectivity index (χ3v) is 3.06. The van der Waals surface area contributed by atoms with Gasteiger partial charge in [0, 0.05) is 11.3 Å². The molecule has 0 aliphatic rings. The monoisotopic (exact) mass is 313 g/mol. The van der Waals surface area contributed by atoms with E-state index in [1.165, 1.54) is 0 Å². The van der Waals surface area contributed by atoms with Gasteiger partial charge in [0.15, 0.2) is 0 Å². The number of carbonyl (C=O) groups is 2. The van der Waals surface area contributed by atoms with Gasteiger partial charge in [-0.3, -0.25) is 4.79 Å². The van der Waals surface area contributed by atoms with Crippen molar-refractivity contribution in [1.82, 2.24) is 0 Å². The molecule has 0 saturated heterocycles. The molecule has 0 spiro atoms. The molecule has 1 N–H and O–H groups in total. The minimum atomic E-state index is -0.412. The summed E-state index contributed by atoms with van der Waals surface area (Å²) in [5, 5.41) is 2.76. The van der Waals surface area contributed by atoms with Crippen molar-refractivity contribution in [2.75, 3.05) is 18.5 Å². The van der Waals surface area contributed by atoms with Gasteiger partial charge in [-0.1, -0.05) is 6.07 Å². The van der Waals surface area contributed by atoms with E-state index in [0.29, 0.717) is 35.8 Å². The van der Waals surface area contributed by atoms with Crippen molar-refractivity contribution >= 4 is 17.6 Å². The average molecular weight is 313 g/mol. The molecule has 0 saturated carbocycles. The van der Waals surface area contributed by atoms with Crippen LogP contribution in [0.3, 0.4) is 0 Å². The highest BCUT2D eigenvalue weighted by Crippen LogP contribution is 2.16. The third kappa shape index (κ3) is 4.57. The largest absolute Gasteiger partial charge is 0.494 e. The van der Waals surface area contributed by atoms with Crippen molar-refractivity contribution < 1.29 is 19.1 Å². The summed E-state index contributed by atoms with van der Waals surface area (Å²) in [6, 6.07) is 13.5. The molecule has 0 aromatic heterocycles. The molecule has 23 heavy (non-hydrogen) atoms. The Labute approximate surface area is 135 Å². The van der Waals surface area contributed by atoms with Crippen molar-refractivity contribution in [2.24, 2.45) is 0 Å². The number of ether oxygens (including phenoxy) is 2. The van der Waals surface area contributed by atoms with Crippen LogP contribution in [0.15, 0.2) is 48.5 Å². The molecule has 2 aromatic rings. The lowest BCUT2D eigenvalue weighted by Gasteiger charge is -2.08. The fourth-order valence-electron chi connectivity index (χ4n) is 2.01. The van der Waals surface area contributed by atoms with E-state index in [0.717, 1.165) is 0 Å². The van der Waals surface area contributed by atoms with Gasteiger partial charge < -0.3 is 14.8 Å². The Hall–Kier alpha value is -2.82. The summed E-state index contributed by atoms with van der Waals surface area (Å²) in [5.41, 5.74) is 1.45. The van der Waals surface area contributed by atoms with Gasteiger partial charge in [-0.05, 0) is 56.3 Å². The number of amides is 1. The zero-order valence-electron chi connectivity index (χ0n) is 13.2. The number of carbonyl (C=O) groups excluding carboxylic acids is 2. The molecule has 0 aliphatic heterocycles. The van der Waals surface area contributed by atoms with E-state index in [2.05, 4.69) is 5.32 Å². The molecule has 0 fully saturated rings. The van der Waals surface area contributed by atoms with Gasteiger partial charge in [0.25, 0.3) is 5.91 Å². The summed E-state index contributed by atoms with van der Waals surface area (Å²) in [6.07, 6.45) is 0. The predicted molar refractivity (Wildman–Crippen MR) is 88.0 cm³/mol. The van der Waals surface area contributed by atoms with Crippen LogP contribution in [0.5, 0.6) is 5.75 Å². The van der Waals surface area contributed by atoms with Crippen LogP contribution in [0.1, 0.15) is 34.6 Å². The van der Waals surface area contributed by atoms with Crippen LogP contribution in [0.4, 0.5) is 5.69 Å². The van der Waals surface area contributed by atoms with E-state index >= 15 is 0 Å². The maximum Gasteiger partial charge on any atom is 0.338 e. The van der Waals surface area contributed by atoms with Gasteiger partial charge in [-0.25, -0.2) is 4.79 Å². The Balaban J connectivity index is 2.07. The summed E-state index contributed by atoms with van der Waals surface area (Å²) in [6.45, 7) is 4.53. The number of rotatable bonds is 6. The number of nitrogens with one attached hydrogen (secondary N) is 1. The van der Waals surface area contributed by atoms with E-state index < -0.39 is 5.97 Å². The smallest absolute Gasteiger partial charge is 0.338 e. The SMILES string of the molecule is CCOC(=O)c1cccc(NC(=O)c2ccc(OCC)cc2)c1. The summed E-state index contributed by atoms with van der Waals surface area (Å²) < 4.78 is 10.3. The lowest BCUT2D eigenvalue weighted by Crippen LogP contribution is -2.12. The van der Waals surface area contributed by atoms with E-state index in [9.17, 15) is 9.59 Å². The molecular formula is C18H19NO4. The molecule has 120 valence electrons. The molecule has 0 radical (unpaired) electrons. The lowest BCUT2D eigenvalue weighted by molar-refractivity contribution is 0.0526. The first-order chi connectivity index (χ1) is 11.1. The number of hydrogen-bond acceptors (Lipinski definition) is 4. The third-order valence-electron chi connectivity index (χ3n) is 3.06. The van der Waals surface area contributed by atoms with E-state index in [-0.39, 0.29) is 5.91 Å². The predicted octanol–water partition coefficient (Wildman–Crippen LogP) is 3.51. The second-order valence-corrected chi connectivity index (χ2v) is 4.71. The first-order valence-corrected chi connectivity index (χ1v) is 7.45. The summed E-state index contributed by atoms with van der Waals surface area (Å²) in [7, 11) is 0. The van der Waals surface area contributed by atoms with Gasteiger partial charge in [0.05, 0.1) is 18.8 Å². The maximum atomic E-state index is 12.2. The second kappa shape index (κ2) is 7.98. The zero-order valence-corrected chi connectivity index (χ0v) is 13.2. The van der Waals surface area contributed by atoms with Crippen molar-refractivity contribution in [1.29, 1.82) is 0 Å². The highest BCUT2D eigenvalue weighted by Gasteiger charge is 2.10. The molecule has 0 atom stereocenters. The van der Waals surface area contributed by atoms with Gasteiger partial charge in [-0.2, -0.15) is 0 Å². The summed E-state index contributed by atoms with van der Waals surface area (Å²) >= 11 is 0. The average Bonchev–Trinajstić information content (AvgIpc) is 2.56. The maximum absolute atomic E-state index is 12.2. The molecule has 2 aromatic carbocycles. The molecule has 0 bridgehead atoms. The first-order valence-electron chi connectivity index (χ1n) is 7.45. The topological polar surface area (TPSA) is 64.6 Å². The number of hydrogen-bond donors (Lipinski definition) is 1. The molecule has 0 unspecified atom stereocenters. The van der Waals surface area contributed by atoms with Crippen LogP contribution in [0.25, 0.3) is 0 Å². The molecule has 1 amide bonds. The lowest BCUT2D eigenvalue weighted by atomic mass is 10.1. The highest BCUT2D eigenvalue weighted by molar-refractivity contribution is 6.04. The van der Waals surface area contributed by atoms with Gasteiger partial charge in [0.1, 0.15) is 5.75 Å². The Morgan fingerprint density at radius 1 is 0.957 bits per heavy atom. The number of anilines is 1. The Morgan fingerprint density at radius 2 is 1.70 bits per heavy atom. The molecule has 5 heteroatoms. The number of esters is 1. The van der Waals surface area contributed by atoms with Crippen LogP contribution in [0, 0.1) is 0 Å². The van der Waals surface area contributed by atoms with Crippen LogP contribution in [0.2, 0.25) is 0 Å². The fourth-order valence-corrected chi connectivity index (χ4v) is 2.01.